The molecule has 6 heteroatoms. The van der Waals surface area contributed by atoms with E-state index in [1.807, 2.05) is 12.1 Å². The van der Waals surface area contributed by atoms with E-state index in [2.05, 4.69) is 40.3 Å². The van der Waals surface area contributed by atoms with E-state index in [1.165, 1.54) is 12.5 Å². The van der Waals surface area contributed by atoms with E-state index >= 15 is 0 Å². The Labute approximate surface area is 148 Å². The Hall–Kier alpha value is -2.50. The number of methoxy groups -OCH3 is 1. The van der Waals surface area contributed by atoms with Gasteiger partial charge in [0.1, 0.15) is 0 Å². The molecule has 0 radical (unpaired) electrons. The van der Waals surface area contributed by atoms with Gasteiger partial charge in [0.15, 0.2) is 5.96 Å². The van der Waals surface area contributed by atoms with Crippen molar-refractivity contribution < 1.29 is 9.53 Å². The molecule has 1 aliphatic heterocycles. The molecule has 2 N–H and O–H groups in total. The molecule has 3 rings (SSSR count). The van der Waals surface area contributed by atoms with Crippen molar-refractivity contribution in [3.8, 4) is 0 Å². The predicted molar refractivity (Wildman–Crippen MR) is 99.4 cm³/mol. The highest BCUT2D eigenvalue weighted by Gasteiger charge is 2.26. The van der Waals surface area contributed by atoms with E-state index in [0.717, 1.165) is 49.6 Å². The average Bonchev–Trinajstić information content (AvgIpc) is 3.07. The highest BCUT2D eigenvalue weighted by atomic mass is 16.5. The summed E-state index contributed by atoms with van der Waals surface area (Å²) in [5, 5.41) is 4.57. The van der Waals surface area contributed by atoms with Crippen molar-refractivity contribution >= 4 is 22.8 Å². The number of hydrogen-bond acceptors (Lipinski definition) is 3. The molecule has 1 saturated heterocycles. The Balaban J connectivity index is 1.66. The van der Waals surface area contributed by atoms with Crippen molar-refractivity contribution in [2.45, 2.75) is 26.3 Å². The molecule has 1 aromatic heterocycles. The van der Waals surface area contributed by atoms with Crippen molar-refractivity contribution in [3.63, 3.8) is 0 Å². The highest BCUT2D eigenvalue weighted by molar-refractivity contribution is 5.82. The molecule has 0 bridgehead atoms. The van der Waals surface area contributed by atoms with Gasteiger partial charge < -0.3 is 19.9 Å². The van der Waals surface area contributed by atoms with Gasteiger partial charge in [-0.15, -0.1) is 0 Å². The summed E-state index contributed by atoms with van der Waals surface area (Å²) < 4.78 is 4.86. The number of benzene rings is 1. The van der Waals surface area contributed by atoms with Gasteiger partial charge in [0.25, 0.3) is 0 Å². The molecule has 2 aromatic rings. The Kier molecular flexibility index (Phi) is 5.58. The normalized spacial score (nSPS) is 16.2. The van der Waals surface area contributed by atoms with Crippen molar-refractivity contribution in [1.29, 1.82) is 0 Å². The number of aliphatic imine (C=N–C) groups is 1. The van der Waals surface area contributed by atoms with Gasteiger partial charge in [-0.1, -0.05) is 18.2 Å². The average molecular weight is 342 g/mol. The number of likely N-dealkylation sites (tertiary alicyclic amines) is 1. The number of H-pyrrole nitrogens is 1. The van der Waals surface area contributed by atoms with Crippen LogP contribution in [0.25, 0.3) is 10.9 Å². The Bertz CT molecular complexity index is 712. The maximum Gasteiger partial charge on any atom is 0.308 e. The number of esters is 1. The molecular formula is C19H26N4O2. The summed E-state index contributed by atoms with van der Waals surface area (Å²) in [4.78, 5) is 22.1. The van der Waals surface area contributed by atoms with Crippen molar-refractivity contribution in [1.82, 2.24) is 15.2 Å². The lowest BCUT2D eigenvalue weighted by Crippen LogP contribution is -2.46. The first kappa shape index (κ1) is 17.3. The molecular weight excluding hydrogens is 316 g/mol. The summed E-state index contributed by atoms with van der Waals surface area (Å²) in [6, 6.07) is 10.4. The number of ether oxygens (including phenoxy) is 1. The third-order valence-electron chi connectivity index (χ3n) is 4.65. The second-order valence-corrected chi connectivity index (χ2v) is 6.34. The van der Waals surface area contributed by atoms with E-state index < -0.39 is 0 Å². The topological polar surface area (TPSA) is 69.7 Å². The van der Waals surface area contributed by atoms with Gasteiger partial charge in [0.2, 0.25) is 0 Å². The van der Waals surface area contributed by atoms with Gasteiger partial charge in [0.05, 0.1) is 19.6 Å². The van der Waals surface area contributed by atoms with Crippen LogP contribution in [-0.4, -0.2) is 48.6 Å². The predicted octanol–water partition coefficient (Wildman–Crippen LogP) is 2.52. The first-order valence-corrected chi connectivity index (χ1v) is 8.89. The minimum Gasteiger partial charge on any atom is -0.469 e. The fraction of sp³-hybridized carbons (Fsp3) is 0.474. The third-order valence-corrected chi connectivity index (χ3v) is 4.65. The second kappa shape index (κ2) is 8.05. The monoisotopic (exact) mass is 342 g/mol. The van der Waals surface area contributed by atoms with E-state index in [4.69, 9.17) is 9.73 Å². The zero-order valence-corrected chi connectivity index (χ0v) is 14.9. The van der Waals surface area contributed by atoms with Crippen molar-refractivity contribution in [2.24, 2.45) is 10.9 Å². The Morgan fingerprint density at radius 2 is 2.12 bits per heavy atom. The van der Waals surface area contributed by atoms with Crippen LogP contribution in [0.2, 0.25) is 0 Å². The zero-order valence-electron chi connectivity index (χ0n) is 14.9. The van der Waals surface area contributed by atoms with Crippen LogP contribution in [0.1, 0.15) is 25.5 Å². The number of guanidine groups is 1. The number of nitrogens with zero attached hydrogens (tertiary/aromatic N) is 2. The van der Waals surface area contributed by atoms with Crippen LogP contribution in [0.4, 0.5) is 0 Å². The lowest BCUT2D eigenvalue weighted by atomic mass is 9.97. The number of aromatic amines is 1. The standard InChI is InChI=1S/C19H26N4O2/c1-3-20-19(23-10-8-14(9-11-23)18(24)25-2)21-13-16-12-15-6-4-5-7-17(15)22-16/h4-7,12,14,22H,3,8-11,13H2,1-2H3,(H,20,21). The Morgan fingerprint density at radius 3 is 2.80 bits per heavy atom. The lowest BCUT2D eigenvalue weighted by Gasteiger charge is -2.33. The van der Waals surface area contributed by atoms with Crippen LogP contribution in [0, 0.1) is 5.92 Å². The smallest absolute Gasteiger partial charge is 0.308 e. The molecule has 134 valence electrons. The molecule has 6 nitrogen and oxygen atoms in total. The van der Waals surface area contributed by atoms with Crippen LogP contribution < -0.4 is 5.32 Å². The molecule has 0 amide bonds. The highest BCUT2D eigenvalue weighted by Crippen LogP contribution is 2.19. The van der Waals surface area contributed by atoms with E-state index in [-0.39, 0.29) is 11.9 Å². The number of hydrogen-bond donors (Lipinski definition) is 2. The number of carbonyl (C=O) groups excluding carboxylic acids is 1. The quantitative estimate of drug-likeness (QED) is 0.509. The molecule has 25 heavy (non-hydrogen) atoms. The van der Waals surface area contributed by atoms with Gasteiger partial charge in [-0.05, 0) is 37.3 Å². The molecule has 2 heterocycles. The van der Waals surface area contributed by atoms with Crippen molar-refractivity contribution in [2.75, 3.05) is 26.7 Å². The van der Waals surface area contributed by atoms with Gasteiger partial charge >= 0.3 is 5.97 Å². The van der Waals surface area contributed by atoms with Gasteiger partial charge in [-0.2, -0.15) is 0 Å². The van der Waals surface area contributed by atoms with E-state index in [1.54, 1.807) is 0 Å². The lowest BCUT2D eigenvalue weighted by molar-refractivity contribution is -0.146. The van der Waals surface area contributed by atoms with Gasteiger partial charge in [-0.25, -0.2) is 4.99 Å². The summed E-state index contributed by atoms with van der Waals surface area (Å²) >= 11 is 0. The van der Waals surface area contributed by atoms with Crippen molar-refractivity contribution in [3.05, 3.63) is 36.0 Å². The maximum absolute atomic E-state index is 11.7. The number of fused-ring (bicyclic) bond motifs is 1. The summed E-state index contributed by atoms with van der Waals surface area (Å²) in [7, 11) is 1.46. The maximum atomic E-state index is 11.7. The molecule has 0 aliphatic carbocycles. The molecule has 1 fully saturated rings. The molecule has 0 saturated carbocycles. The summed E-state index contributed by atoms with van der Waals surface area (Å²) in [6.45, 7) is 5.13. The van der Waals surface area contributed by atoms with Crippen LogP contribution >= 0.6 is 0 Å². The molecule has 0 unspecified atom stereocenters. The number of nitrogens with one attached hydrogen (secondary N) is 2. The number of para-hydroxylation sites is 1. The number of rotatable bonds is 4. The molecule has 0 spiro atoms. The third kappa shape index (κ3) is 4.13. The molecule has 1 aromatic carbocycles. The summed E-state index contributed by atoms with van der Waals surface area (Å²) in [6.07, 6.45) is 1.62. The Morgan fingerprint density at radius 1 is 1.36 bits per heavy atom. The van der Waals surface area contributed by atoms with E-state index in [9.17, 15) is 4.79 Å². The van der Waals surface area contributed by atoms with Crippen LogP contribution in [0.3, 0.4) is 0 Å². The summed E-state index contributed by atoms with van der Waals surface area (Å²) in [5.74, 6) is 0.821. The number of carbonyl (C=O) groups is 1. The number of aromatic nitrogens is 1. The zero-order chi connectivity index (χ0) is 17.6. The minimum atomic E-state index is -0.0975. The summed E-state index contributed by atoms with van der Waals surface area (Å²) in [5.41, 5.74) is 2.23. The molecule has 0 atom stereocenters. The fourth-order valence-corrected chi connectivity index (χ4v) is 3.30. The van der Waals surface area contributed by atoms with Gasteiger partial charge in [-0.3, -0.25) is 4.79 Å². The van der Waals surface area contributed by atoms with Crippen LogP contribution in [-0.2, 0) is 16.1 Å². The largest absolute Gasteiger partial charge is 0.469 e. The second-order valence-electron chi connectivity index (χ2n) is 6.34. The minimum absolute atomic E-state index is 0.0119. The first-order valence-electron chi connectivity index (χ1n) is 8.89. The van der Waals surface area contributed by atoms with Gasteiger partial charge in [0, 0.05) is 30.8 Å². The SMILES string of the molecule is CCNC(=NCc1cc2ccccc2[nH]1)N1CCC(C(=O)OC)CC1. The van der Waals surface area contributed by atoms with Crippen LogP contribution in [0.5, 0.6) is 0 Å². The number of piperidine rings is 1. The van der Waals surface area contributed by atoms with Crippen LogP contribution in [0.15, 0.2) is 35.3 Å². The fourth-order valence-electron chi connectivity index (χ4n) is 3.30. The van der Waals surface area contributed by atoms with E-state index in [0.29, 0.717) is 6.54 Å². The first-order chi connectivity index (χ1) is 12.2. The molecule has 1 aliphatic rings.